The lowest BCUT2D eigenvalue weighted by Crippen LogP contribution is -2.28. The van der Waals surface area contributed by atoms with Gasteiger partial charge in [-0.15, -0.1) is 0 Å². The van der Waals surface area contributed by atoms with Crippen LogP contribution in [0.1, 0.15) is 20.8 Å². The molecule has 0 saturated carbocycles. The van der Waals surface area contributed by atoms with E-state index in [4.69, 9.17) is 11.6 Å². The Morgan fingerprint density at radius 3 is 2.46 bits per heavy atom. The van der Waals surface area contributed by atoms with Crippen molar-refractivity contribution in [2.24, 2.45) is 5.41 Å². The third-order valence-electron chi connectivity index (χ3n) is 3.66. The van der Waals surface area contributed by atoms with E-state index in [1.165, 1.54) is 6.20 Å². The van der Waals surface area contributed by atoms with Gasteiger partial charge in [-0.1, -0.05) is 32.4 Å². The average molecular weight is 368 g/mol. The minimum atomic E-state index is -0.538. The summed E-state index contributed by atoms with van der Waals surface area (Å²) >= 11 is 6.29. The highest BCUT2D eigenvalue weighted by Crippen LogP contribution is 2.33. The monoisotopic (exact) mass is 367 g/mol. The fourth-order valence-electron chi connectivity index (χ4n) is 2.22. The molecule has 1 N–H and O–H groups in total. The number of anilines is 1. The summed E-state index contributed by atoms with van der Waals surface area (Å²) in [5, 5.41) is 3.28. The molecule has 7 heteroatoms. The molecule has 3 aromatic heterocycles. The van der Waals surface area contributed by atoms with Gasteiger partial charge in [-0.2, -0.15) is 0 Å². The Labute approximate surface area is 156 Å². The van der Waals surface area contributed by atoms with Crippen LogP contribution in [-0.2, 0) is 4.79 Å². The van der Waals surface area contributed by atoms with E-state index in [2.05, 4.69) is 25.3 Å². The van der Waals surface area contributed by atoms with Crippen molar-refractivity contribution >= 4 is 23.3 Å². The van der Waals surface area contributed by atoms with Crippen LogP contribution in [0.2, 0.25) is 5.02 Å². The number of rotatable bonds is 3. The first-order valence-corrected chi connectivity index (χ1v) is 8.43. The second-order valence-corrected chi connectivity index (χ2v) is 7.16. The number of pyridine rings is 2. The fourth-order valence-corrected chi connectivity index (χ4v) is 2.43. The highest BCUT2D eigenvalue weighted by atomic mass is 35.5. The molecule has 1 amide bonds. The summed E-state index contributed by atoms with van der Waals surface area (Å²) in [6.07, 6.45) is 8.10. The Morgan fingerprint density at radius 2 is 1.81 bits per heavy atom. The summed E-state index contributed by atoms with van der Waals surface area (Å²) in [6, 6.07) is 5.47. The van der Waals surface area contributed by atoms with Gasteiger partial charge < -0.3 is 5.32 Å². The zero-order valence-electron chi connectivity index (χ0n) is 14.7. The lowest BCUT2D eigenvalue weighted by Gasteiger charge is -2.18. The molecule has 0 spiro atoms. The predicted octanol–water partition coefficient (Wildman–Crippen LogP) is 4.24. The molecule has 3 aromatic rings. The van der Waals surface area contributed by atoms with Crippen molar-refractivity contribution < 1.29 is 4.79 Å². The molecule has 6 nitrogen and oxygen atoms in total. The minimum absolute atomic E-state index is 0.140. The Kier molecular flexibility index (Phi) is 4.95. The molecule has 0 aliphatic rings. The standard InChI is InChI=1S/C19H18ClN5O/c1-19(2,3)18(26)25-15-11-23-17(13-6-8-22-10-14(13)20)16(24-15)12-5-4-7-21-9-12/h4-11H,1-3H3,(H,24,25,26). The summed E-state index contributed by atoms with van der Waals surface area (Å²) in [6.45, 7) is 5.51. The molecule has 0 aliphatic carbocycles. The first-order valence-electron chi connectivity index (χ1n) is 8.05. The Bertz CT molecular complexity index is 938. The number of carbonyl (C=O) groups is 1. The normalized spacial score (nSPS) is 11.2. The molecule has 3 heterocycles. The highest BCUT2D eigenvalue weighted by Gasteiger charge is 2.22. The molecule has 0 saturated heterocycles. The SMILES string of the molecule is CC(C)(C)C(=O)Nc1cnc(-c2ccncc2Cl)c(-c2cccnc2)n1. The molecule has 0 bridgehead atoms. The molecule has 0 aliphatic heterocycles. The molecule has 0 atom stereocenters. The van der Waals surface area contributed by atoms with E-state index in [0.717, 1.165) is 5.56 Å². The quantitative estimate of drug-likeness (QED) is 0.748. The van der Waals surface area contributed by atoms with E-state index in [1.807, 2.05) is 32.9 Å². The lowest BCUT2D eigenvalue weighted by molar-refractivity contribution is -0.123. The minimum Gasteiger partial charge on any atom is -0.309 e. The van der Waals surface area contributed by atoms with E-state index in [-0.39, 0.29) is 5.91 Å². The number of amides is 1. The second kappa shape index (κ2) is 7.17. The molecule has 132 valence electrons. The van der Waals surface area contributed by atoms with E-state index < -0.39 is 5.41 Å². The summed E-state index contributed by atoms with van der Waals surface area (Å²) in [7, 11) is 0. The molecular weight excluding hydrogens is 350 g/mol. The van der Waals surface area contributed by atoms with Gasteiger partial charge in [0.15, 0.2) is 5.82 Å². The van der Waals surface area contributed by atoms with E-state index in [9.17, 15) is 4.79 Å². The molecule has 3 rings (SSSR count). The van der Waals surface area contributed by atoms with Crippen LogP contribution >= 0.6 is 11.6 Å². The molecule has 0 fully saturated rings. The summed E-state index contributed by atoms with van der Waals surface area (Å²) in [5.74, 6) is 0.233. The van der Waals surface area contributed by atoms with Gasteiger partial charge in [0.2, 0.25) is 5.91 Å². The van der Waals surface area contributed by atoms with Gasteiger partial charge in [0.05, 0.1) is 16.9 Å². The van der Waals surface area contributed by atoms with Crippen molar-refractivity contribution in [3.05, 3.63) is 54.2 Å². The second-order valence-electron chi connectivity index (χ2n) is 6.75. The highest BCUT2D eigenvalue weighted by molar-refractivity contribution is 6.33. The van der Waals surface area contributed by atoms with Crippen LogP contribution in [0.5, 0.6) is 0 Å². The van der Waals surface area contributed by atoms with Gasteiger partial charge >= 0.3 is 0 Å². The number of nitrogens with one attached hydrogen (secondary N) is 1. The zero-order chi connectivity index (χ0) is 18.7. The number of aromatic nitrogens is 4. The van der Waals surface area contributed by atoms with Crippen molar-refractivity contribution in [1.29, 1.82) is 0 Å². The van der Waals surface area contributed by atoms with Crippen LogP contribution < -0.4 is 5.32 Å². The van der Waals surface area contributed by atoms with Crippen LogP contribution in [0, 0.1) is 5.41 Å². The first kappa shape index (κ1) is 17.9. The van der Waals surface area contributed by atoms with E-state index in [0.29, 0.717) is 27.8 Å². The summed E-state index contributed by atoms with van der Waals surface area (Å²) < 4.78 is 0. The van der Waals surface area contributed by atoms with Gasteiger partial charge in [0, 0.05) is 41.3 Å². The Balaban J connectivity index is 2.11. The Morgan fingerprint density at radius 1 is 1.04 bits per heavy atom. The van der Waals surface area contributed by atoms with Crippen LogP contribution in [0.4, 0.5) is 5.82 Å². The summed E-state index contributed by atoms with van der Waals surface area (Å²) in [5.41, 5.74) is 2.12. The van der Waals surface area contributed by atoms with Crippen molar-refractivity contribution in [2.75, 3.05) is 5.32 Å². The van der Waals surface area contributed by atoms with Gasteiger partial charge in [-0.3, -0.25) is 19.7 Å². The average Bonchev–Trinajstić information content (AvgIpc) is 2.62. The zero-order valence-corrected chi connectivity index (χ0v) is 15.4. The number of halogens is 1. The van der Waals surface area contributed by atoms with Crippen LogP contribution in [0.3, 0.4) is 0 Å². The maximum Gasteiger partial charge on any atom is 0.230 e. The van der Waals surface area contributed by atoms with Crippen molar-refractivity contribution in [1.82, 2.24) is 19.9 Å². The van der Waals surface area contributed by atoms with Crippen molar-refractivity contribution in [2.45, 2.75) is 20.8 Å². The van der Waals surface area contributed by atoms with Crippen molar-refractivity contribution in [3.63, 3.8) is 0 Å². The predicted molar refractivity (Wildman–Crippen MR) is 102 cm³/mol. The number of carbonyl (C=O) groups excluding carboxylic acids is 1. The maximum absolute atomic E-state index is 12.3. The smallest absolute Gasteiger partial charge is 0.230 e. The van der Waals surface area contributed by atoms with Crippen molar-refractivity contribution in [3.8, 4) is 22.5 Å². The van der Waals surface area contributed by atoms with E-state index >= 15 is 0 Å². The molecule has 26 heavy (non-hydrogen) atoms. The molecule has 0 radical (unpaired) electrons. The number of hydrogen-bond acceptors (Lipinski definition) is 5. The molecule has 0 aromatic carbocycles. The van der Waals surface area contributed by atoms with E-state index in [1.54, 1.807) is 30.9 Å². The maximum atomic E-state index is 12.3. The molecular formula is C19H18ClN5O. The molecule has 0 unspecified atom stereocenters. The third kappa shape index (κ3) is 3.86. The largest absolute Gasteiger partial charge is 0.309 e. The number of hydrogen-bond donors (Lipinski definition) is 1. The van der Waals surface area contributed by atoms with Crippen LogP contribution in [0.25, 0.3) is 22.5 Å². The Hall–Kier alpha value is -2.86. The number of nitrogens with zero attached hydrogens (tertiary/aromatic N) is 4. The van der Waals surface area contributed by atoms with Gasteiger partial charge in [0.1, 0.15) is 5.69 Å². The van der Waals surface area contributed by atoms with Gasteiger partial charge in [0.25, 0.3) is 0 Å². The van der Waals surface area contributed by atoms with Crippen LogP contribution in [0.15, 0.2) is 49.2 Å². The fraction of sp³-hybridized carbons (Fsp3) is 0.211. The lowest BCUT2D eigenvalue weighted by atomic mass is 9.96. The first-order chi connectivity index (χ1) is 12.4. The van der Waals surface area contributed by atoms with Gasteiger partial charge in [-0.25, -0.2) is 4.98 Å². The third-order valence-corrected chi connectivity index (χ3v) is 3.96. The topological polar surface area (TPSA) is 80.7 Å². The summed E-state index contributed by atoms with van der Waals surface area (Å²) in [4.78, 5) is 29.5. The van der Waals surface area contributed by atoms with Crippen LogP contribution in [-0.4, -0.2) is 25.8 Å². The van der Waals surface area contributed by atoms with Gasteiger partial charge in [-0.05, 0) is 18.2 Å².